The number of carboxylic acid groups (broad SMARTS) is 1. The second-order valence-corrected chi connectivity index (χ2v) is 6.83. The Balaban J connectivity index is 1.63. The number of anilines is 1. The summed E-state index contributed by atoms with van der Waals surface area (Å²) in [6.45, 7) is 0.429. The van der Waals surface area contributed by atoms with Crippen LogP contribution < -0.4 is 5.32 Å². The van der Waals surface area contributed by atoms with Gasteiger partial charge in [-0.25, -0.2) is 4.79 Å². The first kappa shape index (κ1) is 19.5. The van der Waals surface area contributed by atoms with E-state index in [4.69, 9.17) is 0 Å². The topological polar surface area (TPSA) is 99.6 Å². The standard InChI is InChI=1S/C21H23N3O4/c25-19(8-7-15-9-11-22-12-10-15)23-17-5-3-4-16(14-17)20(26)24-13-2-1-6-18(24)21(27)28/h3-5,9-12,14,18H,1-2,6-8,13H2,(H,23,25)(H,27,28). The highest BCUT2D eigenvalue weighted by atomic mass is 16.4. The normalized spacial score (nSPS) is 16.4. The van der Waals surface area contributed by atoms with Crippen LogP contribution in [0.3, 0.4) is 0 Å². The predicted molar refractivity (Wildman–Crippen MR) is 104 cm³/mol. The van der Waals surface area contributed by atoms with Crippen molar-refractivity contribution in [1.29, 1.82) is 0 Å². The van der Waals surface area contributed by atoms with Gasteiger partial charge in [-0.2, -0.15) is 0 Å². The van der Waals surface area contributed by atoms with E-state index in [9.17, 15) is 19.5 Å². The van der Waals surface area contributed by atoms with Crippen molar-refractivity contribution in [3.8, 4) is 0 Å². The lowest BCUT2D eigenvalue weighted by Gasteiger charge is -2.33. The number of aliphatic carboxylic acids is 1. The van der Waals surface area contributed by atoms with Crippen LogP contribution >= 0.6 is 0 Å². The Kier molecular flexibility index (Phi) is 6.37. The first-order valence-electron chi connectivity index (χ1n) is 9.37. The molecule has 1 fully saturated rings. The minimum Gasteiger partial charge on any atom is -0.480 e. The molecule has 2 heterocycles. The molecule has 2 amide bonds. The van der Waals surface area contributed by atoms with E-state index in [-0.39, 0.29) is 11.8 Å². The smallest absolute Gasteiger partial charge is 0.326 e. The second-order valence-electron chi connectivity index (χ2n) is 6.83. The van der Waals surface area contributed by atoms with Crippen molar-refractivity contribution in [1.82, 2.24) is 9.88 Å². The SMILES string of the molecule is O=C(CCc1ccncc1)Nc1cccc(C(=O)N2CCCCC2C(=O)O)c1. The molecule has 0 saturated carbocycles. The lowest BCUT2D eigenvalue weighted by Crippen LogP contribution is -2.48. The van der Waals surface area contributed by atoms with Crippen LogP contribution in [0, 0.1) is 0 Å². The molecule has 1 aromatic heterocycles. The fourth-order valence-electron chi connectivity index (χ4n) is 3.36. The minimum absolute atomic E-state index is 0.150. The van der Waals surface area contributed by atoms with Crippen molar-refractivity contribution in [2.45, 2.75) is 38.1 Å². The summed E-state index contributed by atoms with van der Waals surface area (Å²) in [6.07, 6.45) is 6.35. The number of aromatic nitrogens is 1. The third kappa shape index (κ3) is 4.94. The van der Waals surface area contributed by atoms with Gasteiger partial charge in [-0.05, 0) is 61.6 Å². The van der Waals surface area contributed by atoms with Gasteiger partial charge in [0.25, 0.3) is 5.91 Å². The highest BCUT2D eigenvalue weighted by molar-refractivity contribution is 5.99. The first-order chi connectivity index (χ1) is 13.5. The number of nitrogens with zero attached hydrogens (tertiary/aromatic N) is 2. The second kappa shape index (κ2) is 9.12. The maximum atomic E-state index is 12.8. The van der Waals surface area contributed by atoms with Crippen LogP contribution in [-0.2, 0) is 16.0 Å². The molecule has 7 heteroatoms. The van der Waals surface area contributed by atoms with Crippen LogP contribution in [0.2, 0.25) is 0 Å². The number of likely N-dealkylation sites (tertiary alicyclic amines) is 1. The molecule has 1 saturated heterocycles. The van der Waals surface area contributed by atoms with Gasteiger partial charge in [-0.15, -0.1) is 0 Å². The molecule has 2 aromatic rings. The zero-order valence-electron chi connectivity index (χ0n) is 15.5. The van der Waals surface area contributed by atoms with E-state index in [1.807, 2.05) is 12.1 Å². The lowest BCUT2D eigenvalue weighted by molar-refractivity contribution is -0.143. The molecule has 3 rings (SSSR count). The maximum Gasteiger partial charge on any atom is 0.326 e. The lowest BCUT2D eigenvalue weighted by atomic mass is 10.0. The molecule has 0 aliphatic carbocycles. The van der Waals surface area contributed by atoms with E-state index in [2.05, 4.69) is 10.3 Å². The van der Waals surface area contributed by atoms with Crippen LogP contribution in [0.1, 0.15) is 41.6 Å². The molecule has 1 aromatic carbocycles. The quantitative estimate of drug-likeness (QED) is 0.801. The van der Waals surface area contributed by atoms with Gasteiger partial charge < -0.3 is 15.3 Å². The van der Waals surface area contributed by atoms with Gasteiger partial charge in [0.05, 0.1) is 0 Å². The molecule has 146 valence electrons. The van der Waals surface area contributed by atoms with Crippen LogP contribution in [0.15, 0.2) is 48.8 Å². The predicted octanol–water partition coefficient (Wildman–Crippen LogP) is 2.73. The van der Waals surface area contributed by atoms with Crippen molar-refractivity contribution in [2.24, 2.45) is 0 Å². The average molecular weight is 381 g/mol. The number of rotatable bonds is 6. The molecule has 0 bridgehead atoms. The van der Waals surface area contributed by atoms with Crippen LogP contribution in [0.4, 0.5) is 5.69 Å². The molecule has 1 unspecified atom stereocenters. The molecular weight excluding hydrogens is 358 g/mol. The number of pyridine rings is 1. The summed E-state index contributed by atoms with van der Waals surface area (Å²) in [5, 5.41) is 12.2. The summed E-state index contributed by atoms with van der Waals surface area (Å²) < 4.78 is 0. The fourth-order valence-corrected chi connectivity index (χ4v) is 3.36. The highest BCUT2D eigenvalue weighted by Crippen LogP contribution is 2.21. The number of benzene rings is 1. The molecule has 1 aliphatic rings. The Labute approximate surface area is 163 Å². The maximum absolute atomic E-state index is 12.8. The zero-order valence-corrected chi connectivity index (χ0v) is 15.5. The highest BCUT2D eigenvalue weighted by Gasteiger charge is 2.32. The summed E-state index contributed by atoms with van der Waals surface area (Å²) in [5.41, 5.74) is 1.92. The average Bonchev–Trinajstić information content (AvgIpc) is 2.72. The number of aryl methyl sites for hydroxylation is 1. The molecule has 1 aliphatic heterocycles. The van der Waals surface area contributed by atoms with Gasteiger partial charge in [0, 0.05) is 36.6 Å². The van der Waals surface area contributed by atoms with E-state index in [1.165, 1.54) is 4.90 Å². The number of nitrogens with one attached hydrogen (secondary N) is 1. The van der Waals surface area contributed by atoms with Crippen LogP contribution in [-0.4, -0.2) is 45.4 Å². The van der Waals surface area contributed by atoms with E-state index < -0.39 is 12.0 Å². The molecular formula is C21H23N3O4. The van der Waals surface area contributed by atoms with Crippen molar-refractivity contribution in [3.63, 3.8) is 0 Å². The number of hydrogen-bond donors (Lipinski definition) is 2. The van der Waals surface area contributed by atoms with Gasteiger partial charge in [0.1, 0.15) is 6.04 Å². The van der Waals surface area contributed by atoms with Crippen LogP contribution in [0.25, 0.3) is 0 Å². The Hall–Kier alpha value is -3.22. The van der Waals surface area contributed by atoms with Gasteiger partial charge in [-0.1, -0.05) is 6.07 Å². The molecule has 2 N–H and O–H groups in total. The zero-order chi connectivity index (χ0) is 19.9. The molecule has 28 heavy (non-hydrogen) atoms. The summed E-state index contributed by atoms with van der Waals surface area (Å²) in [4.78, 5) is 41.8. The summed E-state index contributed by atoms with van der Waals surface area (Å²) >= 11 is 0. The van der Waals surface area contributed by atoms with E-state index in [0.717, 1.165) is 18.4 Å². The van der Waals surface area contributed by atoms with Crippen LogP contribution in [0.5, 0.6) is 0 Å². The Bertz CT molecular complexity index is 854. The Morgan fingerprint density at radius 1 is 1.14 bits per heavy atom. The van der Waals surface area contributed by atoms with Gasteiger partial charge >= 0.3 is 5.97 Å². The summed E-state index contributed by atoms with van der Waals surface area (Å²) in [6, 6.07) is 9.58. The van der Waals surface area contributed by atoms with E-state index >= 15 is 0 Å². The number of hydrogen-bond acceptors (Lipinski definition) is 4. The number of carbonyl (C=O) groups is 3. The van der Waals surface area contributed by atoms with Crippen molar-refractivity contribution in [2.75, 3.05) is 11.9 Å². The van der Waals surface area contributed by atoms with E-state index in [1.54, 1.807) is 36.7 Å². The third-order valence-electron chi connectivity index (χ3n) is 4.83. The number of piperidine rings is 1. The number of amides is 2. The van der Waals surface area contributed by atoms with Crippen molar-refractivity contribution >= 4 is 23.5 Å². The number of carbonyl (C=O) groups excluding carboxylic acids is 2. The van der Waals surface area contributed by atoms with Gasteiger partial charge in [-0.3, -0.25) is 14.6 Å². The largest absolute Gasteiger partial charge is 0.480 e. The molecule has 7 nitrogen and oxygen atoms in total. The van der Waals surface area contributed by atoms with Crippen molar-refractivity contribution < 1.29 is 19.5 Å². The third-order valence-corrected chi connectivity index (χ3v) is 4.83. The van der Waals surface area contributed by atoms with E-state index in [0.29, 0.717) is 37.1 Å². The summed E-state index contributed by atoms with van der Waals surface area (Å²) in [7, 11) is 0. The minimum atomic E-state index is -0.978. The Morgan fingerprint density at radius 3 is 2.68 bits per heavy atom. The van der Waals surface area contributed by atoms with Gasteiger partial charge in [0.15, 0.2) is 0 Å². The molecule has 1 atom stereocenters. The van der Waals surface area contributed by atoms with Gasteiger partial charge in [0.2, 0.25) is 5.91 Å². The number of carboxylic acids is 1. The first-order valence-corrected chi connectivity index (χ1v) is 9.37. The monoisotopic (exact) mass is 381 g/mol. The summed E-state index contributed by atoms with van der Waals surface area (Å²) in [5.74, 6) is -1.45. The molecule has 0 spiro atoms. The van der Waals surface area contributed by atoms with Crippen molar-refractivity contribution in [3.05, 3.63) is 59.9 Å². The Morgan fingerprint density at radius 2 is 1.93 bits per heavy atom. The molecule has 0 radical (unpaired) electrons. The fraction of sp³-hybridized carbons (Fsp3) is 0.333.